The van der Waals surface area contributed by atoms with Crippen molar-refractivity contribution in [3.8, 4) is 34.0 Å². The number of carbonyl (C=O) groups is 1. The Morgan fingerprint density at radius 2 is 1.67 bits per heavy atom. The summed E-state index contributed by atoms with van der Waals surface area (Å²) in [6.45, 7) is 10.9. The van der Waals surface area contributed by atoms with Crippen molar-refractivity contribution in [2.24, 2.45) is 5.92 Å². The van der Waals surface area contributed by atoms with Gasteiger partial charge in [-0.3, -0.25) is 10.1 Å². The van der Waals surface area contributed by atoms with Crippen LogP contribution >= 0.6 is 0 Å². The van der Waals surface area contributed by atoms with Gasteiger partial charge in [0, 0.05) is 23.2 Å². The first-order valence-electron chi connectivity index (χ1n) is 13.5. The summed E-state index contributed by atoms with van der Waals surface area (Å²) in [6, 6.07) is 14.4. The van der Waals surface area contributed by atoms with Crippen LogP contribution in [-0.4, -0.2) is 27.8 Å². The molecule has 0 radical (unpaired) electrons. The van der Waals surface area contributed by atoms with Gasteiger partial charge < -0.3 is 9.26 Å². The van der Waals surface area contributed by atoms with Crippen LogP contribution in [-0.2, 0) is 22.3 Å². The van der Waals surface area contributed by atoms with Gasteiger partial charge in [0.2, 0.25) is 5.82 Å². The SMILES string of the molecule is Cc1ccccc1-c1ccc(-c2nc(-c3ccc(CN[C@H](C(=O)OC(C)(C)C)C(C)C)c(F)c3)no2)cc1C(F)(F)F. The fourth-order valence-corrected chi connectivity index (χ4v) is 4.49. The van der Waals surface area contributed by atoms with Crippen molar-refractivity contribution in [2.75, 3.05) is 0 Å². The zero-order valence-electron chi connectivity index (χ0n) is 24.3. The molecule has 3 aromatic carbocycles. The molecule has 0 saturated heterocycles. The molecule has 222 valence electrons. The summed E-state index contributed by atoms with van der Waals surface area (Å²) in [5.41, 5.74) is 0.412. The number of ether oxygens (including phenoxy) is 1. The van der Waals surface area contributed by atoms with E-state index in [1.54, 1.807) is 58.0 Å². The van der Waals surface area contributed by atoms with Crippen molar-refractivity contribution < 1.29 is 31.6 Å². The molecule has 0 fully saturated rings. The first-order valence-corrected chi connectivity index (χ1v) is 13.5. The summed E-state index contributed by atoms with van der Waals surface area (Å²) in [4.78, 5) is 16.8. The van der Waals surface area contributed by atoms with Crippen LogP contribution in [0.15, 0.2) is 65.2 Å². The summed E-state index contributed by atoms with van der Waals surface area (Å²) >= 11 is 0. The highest BCUT2D eigenvalue weighted by molar-refractivity contribution is 5.76. The van der Waals surface area contributed by atoms with Gasteiger partial charge in [0.15, 0.2) is 0 Å². The lowest BCUT2D eigenvalue weighted by atomic mass is 9.94. The lowest BCUT2D eigenvalue weighted by Gasteiger charge is -2.26. The molecule has 4 aromatic rings. The molecule has 42 heavy (non-hydrogen) atoms. The van der Waals surface area contributed by atoms with E-state index in [0.717, 1.165) is 6.07 Å². The molecule has 0 aliphatic heterocycles. The summed E-state index contributed by atoms with van der Waals surface area (Å²) in [7, 11) is 0. The average molecular weight is 584 g/mol. The highest BCUT2D eigenvalue weighted by Crippen LogP contribution is 2.40. The summed E-state index contributed by atoms with van der Waals surface area (Å²) in [5, 5.41) is 6.93. The highest BCUT2D eigenvalue weighted by atomic mass is 19.4. The number of nitrogens with zero attached hydrogens (tertiary/aromatic N) is 2. The Morgan fingerprint density at radius 3 is 2.29 bits per heavy atom. The van der Waals surface area contributed by atoms with Crippen molar-refractivity contribution in [3.05, 3.63) is 83.2 Å². The van der Waals surface area contributed by atoms with Crippen LogP contribution in [0.1, 0.15) is 51.3 Å². The van der Waals surface area contributed by atoms with E-state index in [9.17, 15) is 18.0 Å². The number of hydrogen-bond donors (Lipinski definition) is 1. The van der Waals surface area contributed by atoms with E-state index in [0.29, 0.717) is 16.7 Å². The first kappa shape index (κ1) is 30.9. The third kappa shape index (κ3) is 7.23. The fraction of sp³-hybridized carbons (Fsp3) is 0.344. The normalized spacial score (nSPS) is 12.9. The summed E-state index contributed by atoms with van der Waals surface area (Å²) in [6.07, 6.45) is -4.62. The van der Waals surface area contributed by atoms with E-state index in [4.69, 9.17) is 9.26 Å². The van der Waals surface area contributed by atoms with E-state index < -0.39 is 35.2 Å². The van der Waals surface area contributed by atoms with Crippen molar-refractivity contribution in [2.45, 2.75) is 65.9 Å². The first-order chi connectivity index (χ1) is 19.6. The highest BCUT2D eigenvalue weighted by Gasteiger charge is 2.35. The Hall–Kier alpha value is -4.05. The van der Waals surface area contributed by atoms with Gasteiger partial charge in [0.05, 0.1) is 5.56 Å². The second kappa shape index (κ2) is 12.1. The minimum Gasteiger partial charge on any atom is -0.459 e. The maximum atomic E-state index is 15.0. The number of aryl methyl sites for hydroxylation is 1. The Morgan fingerprint density at radius 1 is 0.976 bits per heavy atom. The molecule has 1 atom stereocenters. The number of alkyl halides is 3. The van der Waals surface area contributed by atoms with Gasteiger partial charge in [-0.05, 0) is 68.5 Å². The van der Waals surface area contributed by atoms with Gasteiger partial charge in [-0.1, -0.05) is 61.5 Å². The molecule has 10 heteroatoms. The van der Waals surface area contributed by atoms with Gasteiger partial charge in [-0.2, -0.15) is 18.2 Å². The molecule has 1 N–H and O–H groups in total. The third-order valence-electron chi connectivity index (χ3n) is 6.58. The van der Waals surface area contributed by atoms with E-state index in [2.05, 4.69) is 15.5 Å². The van der Waals surface area contributed by atoms with Gasteiger partial charge in [-0.25, -0.2) is 4.39 Å². The van der Waals surface area contributed by atoms with E-state index >= 15 is 4.39 Å². The van der Waals surface area contributed by atoms with E-state index in [-0.39, 0.29) is 40.9 Å². The standard InChI is InChI=1S/C32H33F4N3O3/c1-18(2)27(30(40)41-31(4,5)6)37-17-22-12-11-20(16-26(22)33)28-38-29(42-39-28)21-13-14-24(25(15-21)32(34,35)36)23-10-8-7-9-19(23)3/h7-16,18,27,37H,17H2,1-6H3/t27-/m0/s1. The van der Waals surface area contributed by atoms with Gasteiger partial charge in [0.25, 0.3) is 5.89 Å². The quantitative estimate of drug-likeness (QED) is 0.167. The molecule has 0 aliphatic carbocycles. The monoisotopic (exact) mass is 583 g/mol. The predicted molar refractivity (Wildman–Crippen MR) is 152 cm³/mol. The molecule has 6 nitrogen and oxygen atoms in total. The molecule has 1 heterocycles. The van der Waals surface area contributed by atoms with Crippen LogP contribution in [0.4, 0.5) is 17.6 Å². The molecule has 0 spiro atoms. The average Bonchev–Trinajstić information content (AvgIpc) is 3.38. The van der Waals surface area contributed by atoms with Crippen LogP contribution < -0.4 is 5.32 Å². The molecule has 0 unspecified atom stereocenters. The Bertz CT molecular complexity index is 1570. The lowest BCUT2D eigenvalue weighted by Crippen LogP contribution is -2.44. The number of aromatic nitrogens is 2. The molecule has 0 saturated carbocycles. The maximum absolute atomic E-state index is 15.0. The van der Waals surface area contributed by atoms with Gasteiger partial charge >= 0.3 is 12.1 Å². The predicted octanol–water partition coefficient (Wildman–Crippen LogP) is 7.99. The second-order valence-corrected chi connectivity index (χ2v) is 11.4. The van der Waals surface area contributed by atoms with E-state index in [1.165, 1.54) is 24.3 Å². The number of nitrogens with one attached hydrogen (secondary N) is 1. The zero-order chi connectivity index (χ0) is 30.8. The third-order valence-corrected chi connectivity index (χ3v) is 6.58. The van der Waals surface area contributed by atoms with Crippen molar-refractivity contribution in [3.63, 3.8) is 0 Å². The van der Waals surface area contributed by atoms with Gasteiger partial charge in [0.1, 0.15) is 17.5 Å². The minimum absolute atomic E-state index is 0.0220. The molecular weight excluding hydrogens is 550 g/mol. The van der Waals surface area contributed by atoms with Crippen molar-refractivity contribution in [1.29, 1.82) is 0 Å². The van der Waals surface area contributed by atoms with Crippen LogP contribution in [0.2, 0.25) is 0 Å². The molecule has 0 aliphatic rings. The smallest absolute Gasteiger partial charge is 0.417 e. The molecule has 0 bridgehead atoms. The summed E-state index contributed by atoms with van der Waals surface area (Å²) in [5.74, 6) is -1.19. The molecular formula is C32H33F4N3O3. The van der Waals surface area contributed by atoms with Gasteiger partial charge in [-0.15, -0.1) is 0 Å². The van der Waals surface area contributed by atoms with Crippen LogP contribution in [0.3, 0.4) is 0 Å². The lowest BCUT2D eigenvalue weighted by molar-refractivity contribution is -0.158. The maximum Gasteiger partial charge on any atom is 0.417 e. The van der Waals surface area contributed by atoms with Crippen molar-refractivity contribution in [1.82, 2.24) is 15.5 Å². The van der Waals surface area contributed by atoms with Crippen molar-refractivity contribution >= 4 is 5.97 Å². The Balaban J connectivity index is 1.55. The van der Waals surface area contributed by atoms with Crippen LogP contribution in [0.5, 0.6) is 0 Å². The van der Waals surface area contributed by atoms with Crippen LogP contribution in [0, 0.1) is 18.7 Å². The molecule has 4 rings (SSSR count). The number of carbonyl (C=O) groups excluding carboxylic acids is 1. The molecule has 0 amide bonds. The minimum atomic E-state index is -4.62. The Labute approximate surface area is 242 Å². The topological polar surface area (TPSA) is 77.2 Å². The number of rotatable bonds is 8. The summed E-state index contributed by atoms with van der Waals surface area (Å²) < 4.78 is 67.9. The fourth-order valence-electron chi connectivity index (χ4n) is 4.49. The number of halogens is 4. The number of hydrogen-bond acceptors (Lipinski definition) is 6. The zero-order valence-corrected chi connectivity index (χ0v) is 24.3. The number of esters is 1. The Kier molecular flexibility index (Phi) is 8.87. The van der Waals surface area contributed by atoms with E-state index in [1.807, 2.05) is 13.8 Å². The number of benzene rings is 3. The second-order valence-electron chi connectivity index (χ2n) is 11.4. The largest absolute Gasteiger partial charge is 0.459 e. The molecule has 1 aromatic heterocycles. The van der Waals surface area contributed by atoms with Crippen LogP contribution in [0.25, 0.3) is 34.0 Å².